The summed E-state index contributed by atoms with van der Waals surface area (Å²) in [5, 5.41) is 0. The van der Waals surface area contributed by atoms with Crippen molar-refractivity contribution in [1.29, 1.82) is 0 Å². The van der Waals surface area contributed by atoms with Crippen molar-refractivity contribution in [3.8, 4) is 5.75 Å². The summed E-state index contributed by atoms with van der Waals surface area (Å²) in [6.45, 7) is 0.00712. The number of carbonyl (C=O) groups is 4. The van der Waals surface area contributed by atoms with E-state index in [2.05, 4.69) is 0 Å². The molecule has 0 bridgehead atoms. The van der Waals surface area contributed by atoms with Crippen LogP contribution >= 0.6 is 0 Å². The number of rotatable bonds is 6. The molecule has 150 valence electrons. The van der Waals surface area contributed by atoms with Gasteiger partial charge in [-0.15, -0.1) is 0 Å². The molecule has 0 aromatic heterocycles. The summed E-state index contributed by atoms with van der Waals surface area (Å²) < 4.78 is 10.4. The number of primary amides is 1. The molecule has 1 aromatic rings. The lowest BCUT2D eigenvalue weighted by Gasteiger charge is -2.33. The van der Waals surface area contributed by atoms with Crippen LogP contribution in [-0.2, 0) is 23.9 Å². The molecular formula is C19H23N3O6. The van der Waals surface area contributed by atoms with Crippen molar-refractivity contribution in [2.75, 3.05) is 31.2 Å². The van der Waals surface area contributed by atoms with E-state index >= 15 is 0 Å². The zero-order valence-corrected chi connectivity index (χ0v) is 15.5. The number of anilines is 1. The number of fused-ring (bicyclic) bond motifs is 1. The van der Waals surface area contributed by atoms with Crippen LogP contribution in [0.5, 0.6) is 5.75 Å². The Kier molecular flexibility index (Phi) is 6.13. The molecule has 1 saturated heterocycles. The van der Waals surface area contributed by atoms with Crippen LogP contribution in [-0.4, -0.2) is 60.9 Å². The lowest BCUT2D eigenvalue weighted by molar-refractivity contribution is -0.154. The number of likely N-dealkylation sites (tertiary alicyclic amines) is 1. The molecule has 0 saturated carbocycles. The van der Waals surface area contributed by atoms with Crippen LogP contribution in [0.2, 0.25) is 0 Å². The summed E-state index contributed by atoms with van der Waals surface area (Å²) in [5.74, 6) is -1.26. The van der Waals surface area contributed by atoms with Crippen molar-refractivity contribution in [3.05, 3.63) is 24.3 Å². The number of carbonyl (C=O) groups excluding carboxylic acids is 4. The van der Waals surface area contributed by atoms with Gasteiger partial charge in [0.05, 0.1) is 12.1 Å². The average molecular weight is 389 g/mol. The van der Waals surface area contributed by atoms with Crippen LogP contribution in [0.1, 0.15) is 25.7 Å². The molecule has 0 spiro atoms. The van der Waals surface area contributed by atoms with E-state index in [0.717, 1.165) is 12.8 Å². The number of amides is 3. The summed E-state index contributed by atoms with van der Waals surface area (Å²) in [7, 11) is 0. The molecule has 2 aliphatic rings. The quantitative estimate of drug-likeness (QED) is 0.695. The second-order valence-corrected chi connectivity index (χ2v) is 6.71. The third-order valence-corrected chi connectivity index (χ3v) is 4.86. The van der Waals surface area contributed by atoms with Gasteiger partial charge in [-0.25, -0.2) is 0 Å². The molecule has 0 unspecified atom stereocenters. The first-order valence-corrected chi connectivity index (χ1v) is 9.24. The van der Waals surface area contributed by atoms with E-state index < -0.39 is 30.4 Å². The zero-order chi connectivity index (χ0) is 20.1. The minimum absolute atomic E-state index is 0.0629. The maximum absolute atomic E-state index is 12.3. The fraction of sp³-hybridized carbons (Fsp3) is 0.474. The van der Waals surface area contributed by atoms with Crippen LogP contribution < -0.4 is 15.4 Å². The largest absolute Gasteiger partial charge is 0.482 e. The maximum Gasteiger partial charge on any atom is 0.308 e. The molecule has 9 heteroatoms. The zero-order valence-electron chi connectivity index (χ0n) is 15.5. The standard InChI is InChI=1S/C19H23N3O6/c20-19(26)14-6-3-4-9-21(14)17(24)12-28-18(25)8-10-22-13-5-1-2-7-15(13)27-11-16(22)23/h1-2,5,7,14H,3-4,6,8-12H2,(H2,20,26)/t14-/m0/s1. The average Bonchev–Trinajstić information content (AvgIpc) is 2.71. The van der Waals surface area contributed by atoms with E-state index in [1.807, 2.05) is 0 Å². The van der Waals surface area contributed by atoms with Crippen molar-refractivity contribution < 1.29 is 28.7 Å². The lowest BCUT2D eigenvalue weighted by Crippen LogP contribution is -2.51. The first-order chi connectivity index (χ1) is 13.5. The van der Waals surface area contributed by atoms with Gasteiger partial charge in [0.15, 0.2) is 13.2 Å². The fourth-order valence-corrected chi connectivity index (χ4v) is 3.43. The van der Waals surface area contributed by atoms with Gasteiger partial charge in [-0.05, 0) is 31.4 Å². The van der Waals surface area contributed by atoms with Crippen molar-refractivity contribution in [3.63, 3.8) is 0 Å². The molecule has 1 fully saturated rings. The molecule has 9 nitrogen and oxygen atoms in total. The van der Waals surface area contributed by atoms with Gasteiger partial charge in [0.1, 0.15) is 11.8 Å². The van der Waals surface area contributed by atoms with Gasteiger partial charge in [-0.3, -0.25) is 19.2 Å². The van der Waals surface area contributed by atoms with Crippen LogP contribution in [0.3, 0.4) is 0 Å². The number of para-hydroxylation sites is 2. The predicted octanol–water partition coefficient (Wildman–Crippen LogP) is 0.212. The highest BCUT2D eigenvalue weighted by molar-refractivity contribution is 5.98. The van der Waals surface area contributed by atoms with E-state index in [0.29, 0.717) is 24.4 Å². The number of esters is 1. The molecule has 1 aromatic carbocycles. The number of hydrogen-bond donors (Lipinski definition) is 1. The molecule has 28 heavy (non-hydrogen) atoms. The van der Waals surface area contributed by atoms with Gasteiger partial charge >= 0.3 is 5.97 Å². The lowest BCUT2D eigenvalue weighted by atomic mass is 10.0. The molecule has 3 amide bonds. The van der Waals surface area contributed by atoms with E-state index in [-0.39, 0.29) is 25.5 Å². The second kappa shape index (κ2) is 8.73. The predicted molar refractivity (Wildman–Crippen MR) is 98.4 cm³/mol. The Labute approximate surface area is 162 Å². The highest BCUT2D eigenvalue weighted by Gasteiger charge is 2.31. The van der Waals surface area contributed by atoms with Gasteiger partial charge in [-0.2, -0.15) is 0 Å². The van der Waals surface area contributed by atoms with Gasteiger partial charge in [-0.1, -0.05) is 12.1 Å². The molecule has 2 N–H and O–H groups in total. The van der Waals surface area contributed by atoms with E-state index in [4.69, 9.17) is 15.2 Å². The highest BCUT2D eigenvalue weighted by Crippen LogP contribution is 2.31. The number of benzene rings is 1. The van der Waals surface area contributed by atoms with Gasteiger partial charge in [0, 0.05) is 13.1 Å². The SMILES string of the molecule is NC(=O)[C@@H]1CCCCN1C(=O)COC(=O)CCN1C(=O)COc2ccccc21. The molecular weight excluding hydrogens is 366 g/mol. The first-order valence-electron chi connectivity index (χ1n) is 9.24. The topological polar surface area (TPSA) is 119 Å². The minimum atomic E-state index is -0.651. The van der Waals surface area contributed by atoms with Crippen LogP contribution in [0.15, 0.2) is 24.3 Å². The Balaban J connectivity index is 1.50. The first kappa shape index (κ1) is 19.7. The number of nitrogens with zero attached hydrogens (tertiary/aromatic N) is 2. The summed E-state index contributed by atoms with van der Waals surface area (Å²) in [6, 6.07) is 6.41. The summed E-state index contributed by atoms with van der Waals surface area (Å²) in [5.41, 5.74) is 5.94. The van der Waals surface area contributed by atoms with Crippen molar-refractivity contribution in [2.24, 2.45) is 5.73 Å². The van der Waals surface area contributed by atoms with Crippen LogP contribution in [0.4, 0.5) is 5.69 Å². The number of ether oxygens (including phenoxy) is 2. The summed E-state index contributed by atoms with van der Waals surface area (Å²) in [4.78, 5) is 50.8. The van der Waals surface area contributed by atoms with Crippen molar-refractivity contribution >= 4 is 29.4 Å². The maximum atomic E-state index is 12.3. The second-order valence-electron chi connectivity index (χ2n) is 6.71. The molecule has 2 aliphatic heterocycles. The van der Waals surface area contributed by atoms with E-state index in [1.165, 1.54) is 9.80 Å². The monoisotopic (exact) mass is 389 g/mol. The Hall–Kier alpha value is -3.10. The number of hydrogen-bond acceptors (Lipinski definition) is 6. The fourth-order valence-electron chi connectivity index (χ4n) is 3.43. The van der Waals surface area contributed by atoms with Gasteiger partial charge in [0.2, 0.25) is 5.91 Å². The van der Waals surface area contributed by atoms with E-state index in [9.17, 15) is 19.2 Å². The van der Waals surface area contributed by atoms with Crippen molar-refractivity contribution in [2.45, 2.75) is 31.7 Å². The third-order valence-electron chi connectivity index (χ3n) is 4.86. The Bertz CT molecular complexity index is 781. The molecule has 0 radical (unpaired) electrons. The van der Waals surface area contributed by atoms with Gasteiger partial charge in [0.25, 0.3) is 11.8 Å². The normalized spacial score (nSPS) is 18.9. The highest BCUT2D eigenvalue weighted by atomic mass is 16.5. The Morgan fingerprint density at radius 1 is 1.21 bits per heavy atom. The third kappa shape index (κ3) is 4.41. The molecule has 1 atom stereocenters. The minimum Gasteiger partial charge on any atom is -0.482 e. The number of piperidine rings is 1. The smallest absolute Gasteiger partial charge is 0.308 e. The Morgan fingerprint density at radius 2 is 2.00 bits per heavy atom. The van der Waals surface area contributed by atoms with E-state index in [1.54, 1.807) is 24.3 Å². The summed E-state index contributed by atoms with van der Waals surface area (Å²) in [6.07, 6.45) is 2.06. The van der Waals surface area contributed by atoms with Crippen molar-refractivity contribution in [1.82, 2.24) is 4.90 Å². The molecule has 2 heterocycles. The Morgan fingerprint density at radius 3 is 2.79 bits per heavy atom. The van der Waals surface area contributed by atoms with Gasteiger partial charge < -0.3 is 25.0 Å². The van der Waals surface area contributed by atoms with Crippen LogP contribution in [0.25, 0.3) is 0 Å². The molecule has 0 aliphatic carbocycles. The number of nitrogens with two attached hydrogens (primary N) is 1. The summed E-state index contributed by atoms with van der Waals surface area (Å²) >= 11 is 0. The molecule has 3 rings (SSSR count). The van der Waals surface area contributed by atoms with Crippen LogP contribution in [0, 0.1) is 0 Å².